The first-order valence-electron chi connectivity index (χ1n) is 6.72. The van der Waals surface area contributed by atoms with Gasteiger partial charge in [0.1, 0.15) is 0 Å². The van der Waals surface area contributed by atoms with Gasteiger partial charge in [-0.15, -0.1) is 0 Å². The molecule has 0 spiro atoms. The van der Waals surface area contributed by atoms with E-state index in [0.29, 0.717) is 5.41 Å². The van der Waals surface area contributed by atoms with Crippen LogP contribution in [-0.4, -0.2) is 0 Å². The largest absolute Gasteiger partial charge is 0.0738 e. The maximum absolute atomic E-state index is 2.51. The predicted octanol–water partition coefficient (Wildman–Crippen LogP) is 4.42. The number of rotatable bonds is 0. The molecule has 3 aliphatic carbocycles. The van der Waals surface area contributed by atoms with Crippen LogP contribution in [0, 0.1) is 29.1 Å². The van der Waals surface area contributed by atoms with Gasteiger partial charge in [0.25, 0.3) is 0 Å². The zero-order chi connectivity index (χ0) is 10.8. The van der Waals surface area contributed by atoms with Crippen LogP contribution in [0.4, 0.5) is 0 Å². The Morgan fingerprint density at radius 3 is 2.60 bits per heavy atom. The van der Waals surface area contributed by atoms with Crippen molar-refractivity contribution < 1.29 is 0 Å². The molecule has 0 bridgehead atoms. The van der Waals surface area contributed by atoms with Gasteiger partial charge < -0.3 is 0 Å². The Balaban J connectivity index is 1.99. The van der Waals surface area contributed by atoms with Gasteiger partial charge in [0.15, 0.2) is 0 Å². The zero-order valence-corrected chi connectivity index (χ0v) is 10.6. The third-order valence-corrected chi connectivity index (χ3v) is 5.79. The molecule has 0 saturated heterocycles. The standard InChI is InChI=1S/C15H24/c1-9-6-8-12-14(15(12,3)4)13-10(2)5-7-11(9)13/h10,12-14H,5-8H2,1-4H3/t10?,12-,13-,14-/m1/s1. The quantitative estimate of drug-likeness (QED) is 0.513. The maximum atomic E-state index is 2.51. The molecule has 15 heavy (non-hydrogen) atoms. The summed E-state index contributed by atoms with van der Waals surface area (Å²) in [5.41, 5.74) is 4.29. The van der Waals surface area contributed by atoms with E-state index in [2.05, 4.69) is 27.7 Å². The van der Waals surface area contributed by atoms with Gasteiger partial charge in [-0.05, 0) is 61.7 Å². The lowest BCUT2D eigenvalue weighted by molar-refractivity contribution is 0.362. The molecule has 0 heteroatoms. The Labute approximate surface area is 94.1 Å². The van der Waals surface area contributed by atoms with Crippen molar-refractivity contribution >= 4 is 0 Å². The van der Waals surface area contributed by atoms with Crippen LogP contribution in [0.3, 0.4) is 0 Å². The van der Waals surface area contributed by atoms with Crippen LogP contribution in [0.15, 0.2) is 11.1 Å². The third-order valence-electron chi connectivity index (χ3n) is 5.79. The number of hydrogen-bond acceptors (Lipinski definition) is 0. The number of fused-ring (bicyclic) bond motifs is 3. The highest BCUT2D eigenvalue weighted by Crippen LogP contribution is 2.69. The lowest BCUT2D eigenvalue weighted by atomic mass is 9.85. The summed E-state index contributed by atoms with van der Waals surface area (Å²) in [7, 11) is 0. The number of allylic oxidation sites excluding steroid dienone is 2. The van der Waals surface area contributed by atoms with Crippen molar-refractivity contribution in [2.24, 2.45) is 29.1 Å². The maximum Gasteiger partial charge on any atom is -0.0138 e. The van der Waals surface area contributed by atoms with Gasteiger partial charge in [-0.25, -0.2) is 0 Å². The van der Waals surface area contributed by atoms with E-state index < -0.39 is 0 Å². The van der Waals surface area contributed by atoms with Gasteiger partial charge in [0, 0.05) is 0 Å². The van der Waals surface area contributed by atoms with Gasteiger partial charge in [-0.3, -0.25) is 0 Å². The lowest BCUT2D eigenvalue weighted by Crippen LogP contribution is -2.12. The van der Waals surface area contributed by atoms with Crippen molar-refractivity contribution in [2.45, 2.75) is 53.4 Å². The second kappa shape index (κ2) is 2.90. The summed E-state index contributed by atoms with van der Waals surface area (Å²) in [5.74, 6) is 3.99. The first-order valence-corrected chi connectivity index (χ1v) is 6.72. The van der Waals surface area contributed by atoms with Crippen molar-refractivity contribution in [3.63, 3.8) is 0 Å². The van der Waals surface area contributed by atoms with Crippen LogP contribution >= 0.6 is 0 Å². The molecule has 0 heterocycles. The van der Waals surface area contributed by atoms with E-state index in [-0.39, 0.29) is 0 Å². The second-order valence-electron chi connectivity index (χ2n) is 6.84. The minimum absolute atomic E-state index is 0.662. The molecular formula is C15H24. The Kier molecular flexibility index (Phi) is 1.92. The molecule has 4 atom stereocenters. The summed E-state index contributed by atoms with van der Waals surface area (Å²) in [4.78, 5) is 0. The van der Waals surface area contributed by atoms with E-state index in [0.717, 1.165) is 23.7 Å². The van der Waals surface area contributed by atoms with Crippen LogP contribution < -0.4 is 0 Å². The molecule has 0 radical (unpaired) electrons. The SMILES string of the molecule is CC1=C2CCC(C)[C@H]2[C@H]2[C@@H](CC1)C2(C)C. The van der Waals surface area contributed by atoms with Gasteiger partial charge in [0.2, 0.25) is 0 Å². The van der Waals surface area contributed by atoms with Crippen LogP contribution in [0.25, 0.3) is 0 Å². The Morgan fingerprint density at radius 1 is 1.13 bits per heavy atom. The zero-order valence-electron chi connectivity index (χ0n) is 10.6. The van der Waals surface area contributed by atoms with Gasteiger partial charge in [-0.2, -0.15) is 0 Å². The van der Waals surface area contributed by atoms with Crippen LogP contribution in [0.5, 0.6) is 0 Å². The highest BCUT2D eigenvalue weighted by molar-refractivity contribution is 5.29. The van der Waals surface area contributed by atoms with E-state index in [1.807, 2.05) is 5.57 Å². The molecule has 0 aliphatic heterocycles. The summed E-state index contributed by atoms with van der Waals surface area (Å²) < 4.78 is 0. The predicted molar refractivity (Wildman–Crippen MR) is 64.6 cm³/mol. The molecule has 0 amide bonds. The van der Waals surface area contributed by atoms with E-state index in [1.54, 1.807) is 5.57 Å². The van der Waals surface area contributed by atoms with Crippen molar-refractivity contribution in [2.75, 3.05) is 0 Å². The highest BCUT2D eigenvalue weighted by atomic mass is 14.7. The van der Waals surface area contributed by atoms with Crippen LogP contribution in [0.1, 0.15) is 53.4 Å². The average Bonchev–Trinajstić information content (AvgIpc) is 2.55. The van der Waals surface area contributed by atoms with E-state index in [9.17, 15) is 0 Å². The fourth-order valence-corrected chi connectivity index (χ4v) is 4.73. The van der Waals surface area contributed by atoms with Crippen molar-refractivity contribution in [3.8, 4) is 0 Å². The monoisotopic (exact) mass is 204 g/mol. The summed E-state index contributed by atoms with van der Waals surface area (Å²) in [6.45, 7) is 9.90. The molecule has 0 aromatic heterocycles. The molecule has 3 rings (SSSR count). The summed E-state index contributed by atoms with van der Waals surface area (Å²) in [6.07, 6.45) is 5.73. The molecule has 0 nitrogen and oxygen atoms in total. The Bertz CT molecular complexity index is 321. The molecule has 3 aliphatic rings. The smallest absolute Gasteiger partial charge is 0.0138 e. The van der Waals surface area contributed by atoms with Crippen LogP contribution in [0.2, 0.25) is 0 Å². The van der Waals surface area contributed by atoms with E-state index >= 15 is 0 Å². The van der Waals surface area contributed by atoms with Gasteiger partial charge in [-0.1, -0.05) is 31.9 Å². The van der Waals surface area contributed by atoms with Crippen molar-refractivity contribution in [3.05, 3.63) is 11.1 Å². The fraction of sp³-hybridized carbons (Fsp3) is 0.867. The first-order chi connectivity index (χ1) is 7.03. The van der Waals surface area contributed by atoms with E-state index in [1.165, 1.54) is 25.7 Å². The highest BCUT2D eigenvalue weighted by Gasteiger charge is 2.62. The van der Waals surface area contributed by atoms with E-state index in [4.69, 9.17) is 0 Å². The summed E-state index contributed by atoms with van der Waals surface area (Å²) in [5, 5.41) is 0. The topological polar surface area (TPSA) is 0 Å². The minimum atomic E-state index is 0.662. The molecule has 2 saturated carbocycles. The summed E-state index contributed by atoms with van der Waals surface area (Å²) in [6, 6.07) is 0. The third kappa shape index (κ3) is 1.20. The van der Waals surface area contributed by atoms with Gasteiger partial charge >= 0.3 is 0 Å². The van der Waals surface area contributed by atoms with Crippen molar-refractivity contribution in [1.82, 2.24) is 0 Å². The lowest BCUT2D eigenvalue weighted by Gasteiger charge is -2.20. The Morgan fingerprint density at radius 2 is 1.87 bits per heavy atom. The molecular weight excluding hydrogens is 180 g/mol. The summed E-state index contributed by atoms with van der Waals surface area (Å²) >= 11 is 0. The molecule has 84 valence electrons. The second-order valence-corrected chi connectivity index (χ2v) is 6.84. The molecule has 0 N–H and O–H groups in total. The molecule has 1 unspecified atom stereocenters. The van der Waals surface area contributed by atoms with Crippen molar-refractivity contribution in [1.29, 1.82) is 0 Å². The minimum Gasteiger partial charge on any atom is -0.0738 e. The average molecular weight is 204 g/mol. The molecule has 0 aromatic carbocycles. The number of hydrogen-bond donors (Lipinski definition) is 0. The first kappa shape index (κ1) is 9.93. The molecule has 2 fully saturated rings. The fourth-order valence-electron chi connectivity index (χ4n) is 4.73. The van der Waals surface area contributed by atoms with Crippen LogP contribution in [-0.2, 0) is 0 Å². The normalized spacial score (nSPS) is 47.2. The van der Waals surface area contributed by atoms with Gasteiger partial charge in [0.05, 0.1) is 0 Å². The molecule has 0 aromatic rings. The Hall–Kier alpha value is -0.260.